The molecule has 3 aromatic heterocycles. The summed E-state index contributed by atoms with van der Waals surface area (Å²) in [5, 5.41) is 17.3. The third-order valence-corrected chi connectivity index (χ3v) is 5.38. The predicted molar refractivity (Wildman–Crippen MR) is 85.4 cm³/mol. The molecule has 0 aliphatic rings. The Morgan fingerprint density at radius 1 is 1.23 bits per heavy atom. The molecule has 0 aliphatic carbocycles. The van der Waals surface area contributed by atoms with E-state index in [9.17, 15) is 4.39 Å². The van der Waals surface area contributed by atoms with Crippen LogP contribution in [0.15, 0.2) is 22.7 Å². The largest absolute Gasteiger partial charge is 0.235 e. The molecule has 0 saturated carbocycles. The van der Waals surface area contributed by atoms with Crippen molar-refractivity contribution in [2.24, 2.45) is 0 Å². The second kappa shape index (κ2) is 5.14. The van der Waals surface area contributed by atoms with Crippen molar-refractivity contribution in [2.75, 3.05) is 0 Å². The zero-order chi connectivity index (χ0) is 15.3. The summed E-state index contributed by atoms with van der Waals surface area (Å²) in [6, 6.07) is 4.67. The van der Waals surface area contributed by atoms with Crippen LogP contribution in [0.3, 0.4) is 0 Å². The molecule has 4 rings (SSSR count). The Hall–Kier alpha value is -1.78. The predicted octanol–water partition coefficient (Wildman–Crippen LogP) is 3.58. The van der Waals surface area contributed by atoms with Crippen molar-refractivity contribution in [3.8, 4) is 21.3 Å². The molecule has 10 heteroatoms. The van der Waals surface area contributed by atoms with Crippen LogP contribution >= 0.6 is 38.8 Å². The molecule has 0 bridgehead atoms. The molecule has 4 aromatic rings. The lowest BCUT2D eigenvalue weighted by Gasteiger charge is -2.00. The molecule has 110 valence electrons. The number of hydrogen-bond acceptors (Lipinski definition) is 7. The van der Waals surface area contributed by atoms with Crippen molar-refractivity contribution < 1.29 is 4.39 Å². The third kappa shape index (κ3) is 2.14. The van der Waals surface area contributed by atoms with E-state index in [4.69, 9.17) is 0 Å². The standard InChI is InChI=1S/C12H6BrFN6S2/c1-5-9(22-19-15-5)11-18-20-10(16-17-12(20)21-11)7-4-6(13)2-3-8(7)14/h2-4H,1H3. The number of fused-ring (bicyclic) bond motifs is 1. The minimum Gasteiger partial charge on any atom is -0.206 e. The average molecular weight is 397 g/mol. The molecule has 0 unspecified atom stereocenters. The number of nitrogens with zero attached hydrogens (tertiary/aromatic N) is 6. The van der Waals surface area contributed by atoms with Gasteiger partial charge in [-0.1, -0.05) is 31.8 Å². The maximum Gasteiger partial charge on any atom is 0.235 e. The Labute approximate surface area is 139 Å². The van der Waals surface area contributed by atoms with E-state index >= 15 is 0 Å². The monoisotopic (exact) mass is 396 g/mol. The lowest BCUT2D eigenvalue weighted by atomic mass is 10.2. The molecule has 0 aliphatic heterocycles. The number of benzene rings is 1. The maximum atomic E-state index is 14.1. The highest BCUT2D eigenvalue weighted by Crippen LogP contribution is 2.32. The molecule has 22 heavy (non-hydrogen) atoms. The summed E-state index contributed by atoms with van der Waals surface area (Å²) in [6.45, 7) is 1.87. The van der Waals surface area contributed by atoms with Gasteiger partial charge in [0.15, 0.2) is 10.8 Å². The molecule has 6 nitrogen and oxygen atoms in total. The van der Waals surface area contributed by atoms with Crippen LogP contribution in [0, 0.1) is 12.7 Å². The van der Waals surface area contributed by atoms with Crippen LogP contribution in [0.5, 0.6) is 0 Å². The molecule has 0 saturated heterocycles. The van der Waals surface area contributed by atoms with Crippen LogP contribution in [-0.2, 0) is 0 Å². The molecule has 1 aromatic carbocycles. The fourth-order valence-electron chi connectivity index (χ4n) is 1.97. The minimum atomic E-state index is -0.373. The lowest BCUT2D eigenvalue weighted by molar-refractivity contribution is 0.629. The van der Waals surface area contributed by atoms with Crippen molar-refractivity contribution >= 4 is 43.8 Å². The topological polar surface area (TPSA) is 68.9 Å². The van der Waals surface area contributed by atoms with E-state index in [1.807, 2.05) is 6.92 Å². The van der Waals surface area contributed by atoms with Gasteiger partial charge in [-0.15, -0.1) is 15.3 Å². The van der Waals surface area contributed by atoms with Gasteiger partial charge < -0.3 is 0 Å². The number of aryl methyl sites for hydroxylation is 1. The molecule has 0 fully saturated rings. The van der Waals surface area contributed by atoms with Crippen molar-refractivity contribution in [2.45, 2.75) is 6.92 Å². The first-order valence-electron chi connectivity index (χ1n) is 6.10. The zero-order valence-electron chi connectivity index (χ0n) is 11.0. The van der Waals surface area contributed by atoms with Crippen molar-refractivity contribution in [3.05, 3.63) is 34.2 Å². The van der Waals surface area contributed by atoms with Crippen LogP contribution in [0.2, 0.25) is 0 Å². The Bertz CT molecular complexity index is 991. The van der Waals surface area contributed by atoms with E-state index in [-0.39, 0.29) is 5.82 Å². The Balaban J connectivity index is 1.91. The zero-order valence-corrected chi connectivity index (χ0v) is 14.2. The quantitative estimate of drug-likeness (QED) is 0.517. The van der Waals surface area contributed by atoms with Gasteiger partial charge in [0.05, 0.1) is 11.3 Å². The van der Waals surface area contributed by atoms with Crippen LogP contribution in [0.1, 0.15) is 5.69 Å². The first-order valence-corrected chi connectivity index (χ1v) is 8.49. The third-order valence-electron chi connectivity index (χ3n) is 3.01. The second-order valence-corrected chi connectivity index (χ2v) is 7.06. The smallest absolute Gasteiger partial charge is 0.206 e. The number of aromatic nitrogens is 6. The first kappa shape index (κ1) is 13.9. The summed E-state index contributed by atoms with van der Waals surface area (Å²) in [6.07, 6.45) is 0. The van der Waals surface area contributed by atoms with Crippen LogP contribution < -0.4 is 0 Å². The fraction of sp³-hybridized carbons (Fsp3) is 0.0833. The van der Waals surface area contributed by atoms with E-state index in [0.717, 1.165) is 20.1 Å². The van der Waals surface area contributed by atoms with E-state index in [2.05, 4.69) is 40.8 Å². The summed E-state index contributed by atoms with van der Waals surface area (Å²) in [5.41, 5.74) is 1.16. The second-order valence-electron chi connectivity index (χ2n) is 4.44. The van der Waals surface area contributed by atoms with Crippen LogP contribution in [0.25, 0.3) is 26.2 Å². The summed E-state index contributed by atoms with van der Waals surface area (Å²) >= 11 is 5.98. The highest BCUT2D eigenvalue weighted by molar-refractivity contribution is 9.10. The van der Waals surface area contributed by atoms with E-state index in [1.54, 1.807) is 16.6 Å². The van der Waals surface area contributed by atoms with E-state index < -0.39 is 0 Å². The minimum absolute atomic E-state index is 0.345. The average Bonchev–Trinajstić information content (AvgIpc) is 3.16. The van der Waals surface area contributed by atoms with Gasteiger partial charge in [0, 0.05) is 4.47 Å². The summed E-state index contributed by atoms with van der Waals surface area (Å²) in [7, 11) is 0. The van der Waals surface area contributed by atoms with Gasteiger partial charge in [-0.2, -0.15) is 9.61 Å². The van der Waals surface area contributed by atoms with Gasteiger partial charge in [-0.3, -0.25) is 0 Å². The number of halogens is 2. The Kier molecular flexibility index (Phi) is 3.24. The first-order chi connectivity index (χ1) is 10.6. The molecule has 3 heterocycles. The van der Waals surface area contributed by atoms with Crippen molar-refractivity contribution in [1.82, 2.24) is 29.4 Å². The van der Waals surface area contributed by atoms with Gasteiger partial charge in [0.25, 0.3) is 0 Å². The Morgan fingerprint density at radius 3 is 2.86 bits per heavy atom. The molecular formula is C12H6BrFN6S2. The van der Waals surface area contributed by atoms with Crippen LogP contribution in [0.4, 0.5) is 4.39 Å². The van der Waals surface area contributed by atoms with Crippen LogP contribution in [-0.4, -0.2) is 29.4 Å². The Morgan fingerprint density at radius 2 is 2.09 bits per heavy atom. The van der Waals surface area contributed by atoms with Gasteiger partial charge in [-0.25, -0.2) is 4.39 Å². The lowest BCUT2D eigenvalue weighted by Crippen LogP contribution is -1.93. The summed E-state index contributed by atoms with van der Waals surface area (Å²) in [4.78, 5) is 1.48. The summed E-state index contributed by atoms with van der Waals surface area (Å²) in [5.74, 6) is -0.00545. The molecule has 0 amide bonds. The highest BCUT2D eigenvalue weighted by atomic mass is 79.9. The number of hydrogen-bond donors (Lipinski definition) is 0. The number of rotatable bonds is 2. The molecular weight excluding hydrogens is 391 g/mol. The van der Waals surface area contributed by atoms with Crippen molar-refractivity contribution in [3.63, 3.8) is 0 Å². The van der Waals surface area contributed by atoms with Gasteiger partial charge in [0.1, 0.15) is 10.7 Å². The van der Waals surface area contributed by atoms with Crippen molar-refractivity contribution in [1.29, 1.82) is 0 Å². The maximum absolute atomic E-state index is 14.1. The SMILES string of the molecule is Cc1nnsc1-c1nn2c(-c3cc(Br)ccc3F)nnc2s1. The molecule has 0 radical (unpaired) electrons. The summed E-state index contributed by atoms with van der Waals surface area (Å²) < 4.78 is 20.3. The van der Waals surface area contributed by atoms with E-state index in [1.165, 1.54) is 28.9 Å². The normalized spacial score (nSPS) is 11.4. The van der Waals surface area contributed by atoms with Gasteiger partial charge in [-0.05, 0) is 36.7 Å². The van der Waals surface area contributed by atoms with Gasteiger partial charge >= 0.3 is 0 Å². The van der Waals surface area contributed by atoms with Gasteiger partial charge in [0.2, 0.25) is 4.96 Å². The molecule has 0 spiro atoms. The van der Waals surface area contributed by atoms with E-state index in [0.29, 0.717) is 16.3 Å². The fourth-order valence-corrected chi connectivity index (χ4v) is 3.94. The highest BCUT2D eigenvalue weighted by Gasteiger charge is 2.19. The molecule has 0 atom stereocenters. The molecule has 0 N–H and O–H groups in total.